The highest BCUT2D eigenvalue weighted by Gasteiger charge is 2.54. The molecule has 2 fully saturated rings. The van der Waals surface area contributed by atoms with Crippen molar-refractivity contribution in [3.8, 4) is 0 Å². The molecule has 1 saturated heterocycles. The van der Waals surface area contributed by atoms with Gasteiger partial charge in [0.15, 0.2) is 11.2 Å². The van der Waals surface area contributed by atoms with Crippen molar-refractivity contribution in [2.45, 2.75) is 19.3 Å². The number of rotatable bonds is 0. The van der Waals surface area contributed by atoms with Crippen LogP contribution in [0.3, 0.4) is 0 Å². The van der Waals surface area contributed by atoms with Gasteiger partial charge in [0.05, 0.1) is 0 Å². The highest BCUT2D eigenvalue weighted by Crippen LogP contribution is 2.39. The van der Waals surface area contributed by atoms with Crippen LogP contribution in [0.1, 0.15) is 19.3 Å². The first-order valence-electron chi connectivity index (χ1n) is 3.63. The molecule has 60 valence electrons. The maximum atomic E-state index is 11.2. The Labute approximate surface area is 63.4 Å². The van der Waals surface area contributed by atoms with Gasteiger partial charge in [-0.3, -0.25) is 9.68 Å². The molecule has 0 aromatic rings. The van der Waals surface area contributed by atoms with Crippen LogP contribution in [0.15, 0.2) is 0 Å². The average Bonchev–Trinajstić information content (AvgIpc) is 2.48. The molecular weight excluding hydrogens is 148 g/mol. The van der Waals surface area contributed by atoms with Gasteiger partial charge < -0.3 is 0 Å². The van der Waals surface area contributed by atoms with Crippen LogP contribution < -0.4 is 0 Å². The predicted octanol–water partition coefficient (Wildman–Crippen LogP) is 0.214. The Bertz CT molecular complexity index is 196. The second-order valence-electron chi connectivity index (χ2n) is 2.99. The highest BCUT2D eigenvalue weighted by molar-refractivity contribution is 6.05. The minimum atomic E-state index is -0.917. The van der Waals surface area contributed by atoms with Gasteiger partial charge in [0.1, 0.15) is 6.61 Å². The van der Waals surface area contributed by atoms with E-state index in [-0.39, 0.29) is 12.4 Å². The molecule has 11 heavy (non-hydrogen) atoms. The van der Waals surface area contributed by atoms with Crippen molar-refractivity contribution in [2.24, 2.45) is 5.41 Å². The molecule has 1 heterocycles. The van der Waals surface area contributed by atoms with E-state index in [0.29, 0.717) is 12.8 Å². The van der Waals surface area contributed by atoms with Gasteiger partial charge in [-0.1, -0.05) is 0 Å². The van der Waals surface area contributed by atoms with E-state index in [1.165, 1.54) is 0 Å². The quantitative estimate of drug-likeness (QED) is 0.371. The number of hydrogen-bond acceptors (Lipinski definition) is 4. The molecule has 1 atom stereocenters. The highest BCUT2D eigenvalue weighted by atomic mass is 17.2. The van der Waals surface area contributed by atoms with Crippen LogP contribution in [0.5, 0.6) is 0 Å². The summed E-state index contributed by atoms with van der Waals surface area (Å²) < 4.78 is 0. The van der Waals surface area contributed by atoms with Crippen LogP contribution in [0.25, 0.3) is 0 Å². The Morgan fingerprint density at radius 1 is 1.36 bits per heavy atom. The summed E-state index contributed by atoms with van der Waals surface area (Å²) in [7, 11) is 0. The lowest BCUT2D eigenvalue weighted by atomic mass is 9.87. The second kappa shape index (κ2) is 2.04. The third-order valence-corrected chi connectivity index (χ3v) is 2.37. The van der Waals surface area contributed by atoms with Gasteiger partial charge in [-0.15, -0.1) is 0 Å². The van der Waals surface area contributed by atoms with Gasteiger partial charge in [-0.25, -0.2) is 4.79 Å². The van der Waals surface area contributed by atoms with Gasteiger partial charge in [-0.05, 0) is 12.8 Å². The molecule has 1 unspecified atom stereocenters. The molecule has 0 aromatic carbocycles. The van der Waals surface area contributed by atoms with Crippen molar-refractivity contribution in [3.63, 3.8) is 0 Å². The minimum absolute atomic E-state index is 0.0278. The summed E-state index contributed by atoms with van der Waals surface area (Å²) in [6.45, 7) is 0.116. The number of carbonyl (C=O) groups is 2. The molecule has 1 aliphatic carbocycles. The summed E-state index contributed by atoms with van der Waals surface area (Å²) in [5.74, 6) is -0.528. The van der Waals surface area contributed by atoms with Crippen molar-refractivity contribution < 1.29 is 19.4 Å². The van der Waals surface area contributed by atoms with Crippen molar-refractivity contribution in [3.05, 3.63) is 0 Å². The number of Topliss-reactive ketones (excluding diaryl/α,β-unsaturated/α-hetero) is 1. The monoisotopic (exact) mass is 156 g/mol. The topological polar surface area (TPSA) is 52.6 Å². The number of carbonyl (C=O) groups excluding carboxylic acids is 2. The molecule has 0 N–H and O–H groups in total. The maximum absolute atomic E-state index is 11.2. The summed E-state index contributed by atoms with van der Waals surface area (Å²) in [6, 6.07) is 0. The van der Waals surface area contributed by atoms with E-state index in [1.54, 1.807) is 0 Å². The Balaban J connectivity index is 2.33. The molecule has 2 rings (SSSR count). The van der Waals surface area contributed by atoms with Gasteiger partial charge in [0.25, 0.3) is 0 Å². The van der Waals surface area contributed by atoms with E-state index < -0.39 is 11.4 Å². The van der Waals surface area contributed by atoms with E-state index >= 15 is 0 Å². The Kier molecular flexibility index (Phi) is 1.26. The Morgan fingerprint density at radius 3 is 2.64 bits per heavy atom. The van der Waals surface area contributed by atoms with Crippen LogP contribution >= 0.6 is 0 Å². The molecule has 2 aliphatic rings. The Hall–Kier alpha value is -0.900. The van der Waals surface area contributed by atoms with Gasteiger partial charge >= 0.3 is 5.97 Å². The molecule has 1 saturated carbocycles. The zero-order chi connectivity index (χ0) is 7.90. The predicted molar refractivity (Wildman–Crippen MR) is 33.3 cm³/mol. The fourth-order valence-corrected chi connectivity index (χ4v) is 1.62. The summed E-state index contributed by atoms with van der Waals surface area (Å²) in [5.41, 5.74) is -0.917. The molecule has 4 nitrogen and oxygen atoms in total. The van der Waals surface area contributed by atoms with Crippen LogP contribution in [0.2, 0.25) is 0 Å². The lowest BCUT2D eigenvalue weighted by Crippen LogP contribution is -2.33. The molecule has 1 aliphatic heterocycles. The van der Waals surface area contributed by atoms with Crippen molar-refractivity contribution >= 4 is 11.8 Å². The third kappa shape index (κ3) is 0.728. The smallest absolute Gasteiger partial charge is 0.298 e. The van der Waals surface area contributed by atoms with E-state index in [4.69, 9.17) is 0 Å². The van der Waals surface area contributed by atoms with E-state index in [9.17, 15) is 9.59 Å². The lowest BCUT2D eigenvalue weighted by Gasteiger charge is -2.10. The molecule has 0 bridgehead atoms. The zero-order valence-electron chi connectivity index (χ0n) is 5.96. The standard InChI is InChI=1S/C7H8O4/c8-5-2-1-3-7(5)4-10-11-6(7)9/h1-4H2. The summed E-state index contributed by atoms with van der Waals surface area (Å²) in [6.07, 6.45) is 1.85. The van der Waals surface area contributed by atoms with Crippen LogP contribution in [-0.4, -0.2) is 18.4 Å². The second-order valence-corrected chi connectivity index (χ2v) is 2.99. The lowest BCUT2D eigenvalue weighted by molar-refractivity contribution is -0.240. The first-order valence-corrected chi connectivity index (χ1v) is 3.63. The fraction of sp³-hybridized carbons (Fsp3) is 0.714. The largest absolute Gasteiger partial charge is 0.358 e. The summed E-state index contributed by atoms with van der Waals surface area (Å²) >= 11 is 0. The van der Waals surface area contributed by atoms with Crippen molar-refractivity contribution in [2.75, 3.05) is 6.61 Å². The molecule has 1 spiro atoms. The average molecular weight is 156 g/mol. The Morgan fingerprint density at radius 2 is 2.18 bits per heavy atom. The summed E-state index contributed by atoms with van der Waals surface area (Å²) in [4.78, 5) is 31.1. The molecule has 4 heteroatoms. The molecule has 0 amide bonds. The van der Waals surface area contributed by atoms with Crippen molar-refractivity contribution in [1.29, 1.82) is 0 Å². The van der Waals surface area contributed by atoms with E-state index in [1.807, 2.05) is 0 Å². The normalized spacial score (nSPS) is 36.7. The molecule has 0 radical (unpaired) electrons. The first-order chi connectivity index (χ1) is 5.26. The number of hydrogen-bond donors (Lipinski definition) is 0. The van der Waals surface area contributed by atoms with Crippen LogP contribution in [0, 0.1) is 5.41 Å². The van der Waals surface area contributed by atoms with Gasteiger partial charge in [-0.2, -0.15) is 4.89 Å². The van der Waals surface area contributed by atoms with E-state index in [2.05, 4.69) is 9.78 Å². The van der Waals surface area contributed by atoms with Crippen molar-refractivity contribution in [1.82, 2.24) is 0 Å². The molecular formula is C7H8O4. The summed E-state index contributed by atoms with van der Waals surface area (Å²) in [5, 5.41) is 0. The fourth-order valence-electron chi connectivity index (χ4n) is 1.62. The SMILES string of the molecule is O=C1CCCC12COOC2=O. The van der Waals surface area contributed by atoms with Crippen LogP contribution in [0.4, 0.5) is 0 Å². The third-order valence-electron chi connectivity index (χ3n) is 2.37. The zero-order valence-corrected chi connectivity index (χ0v) is 5.96. The van der Waals surface area contributed by atoms with Gasteiger partial charge in [0, 0.05) is 6.42 Å². The number of ketones is 1. The van der Waals surface area contributed by atoms with Gasteiger partial charge in [0.2, 0.25) is 0 Å². The van der Waals surface area contributed by atoms with E-state index in [0.717, 1.165) is 6.42 Å². The minimum Gasteiger partial charge on any atom is -0.298 e. The molecule has 0 aromatic heterocycles. The first kappa shape index (κ1) is 6.79. The van der Waals surface area contributed by atoms with Crippen LogP contribution in [-0.2, 0) is 19.4 Å². The maximum Gasteiger partial charge on any atom is 0.358 e.